The molecule has 0 aromatic heterocycles. The number of nitrogens with one attached hydrogen (secondary N) is 1. The Morgan fingerprint density at radius 2 is 2.17 bits per heavy atom. The van der Waals surface area contributed by atoms with Crippen LogP contribution < -0.4 is 5.32 Å². The summed E-state index contributed by atoms with van der Waals surface area (Å²) in [5, 5.41) is 3.11. The lowest BCUT2D eigenvalue weighted by atomic mass is 10.2. The molecule has 1 atom stereocenters. The Morgan fingerprint density at radius 1 is 1.44 bits per heavy atom. The van der Waals surface area contributed by atoms with Crippen LogP contribution in [0.1, 0.15) is 17.4 Å². The Kier molecular flexibility index (Phi) is 4.60. The highest BCUT2D eigenvalue weighted by Crippen LogP contribution is 2.38. The van der Waals surface area contributed by atoms with E-state index in [1.165, 1.54) is 12.1 Å². The van der Waals surface area contributed by atoms with Gasteiger partial charge in [0.1, 0.15) is 11.2 Å². The molecule has 98 valence electrons. The predicted molar refractivity (Wildman–Crippen MR) is 71.9 cm³/mol. The second-order valence-electron chi connectivity index (χ2n) is 4.26. The third-order valence-corrected chi connectivity index (χ3v) is 4.21. The highest BCUT2D eigenvalue weighted by Gasteiger charge is 2.32. The summed E-state index contributed by atoms with van der Waals surface area (Å²) in [5.74, 6) is 0.446. The predicted octanol–water partition coefficient (Wildman–Crippen LogP) is 2.01. The minimum atomic E-state index is -0.241. The highest BCUT2D eigenvalue weighted by atomic mass is 32.2. The fourth-order valence-electron chi connectivity index (χ4n) is 2.03. The van der Waals surface area contributed by atoms with Gasteiger partial charge in [0.2, 0.25) is 5.91 Å². The lowest BCUT2D eigenvalue weighted by Gasteiger charge is -2.24. The SMILES string of the molecule is CNCCCN1C(=O)CSC1c1ccc(F)cc1. The van der Waals surface area contributed by atoms with Gasteiger partial charge in [0, 0.05) is 6.54 Å². The number of hydrogen-bond acceptors (Lipinski definition) is 3. The van der Waals surface area contributed by atoms with Crippen molar-refractivity contribution in [1.82, 2.24) is 10.2 Å². The van der Waals surface area contributed by atoms with E-state index in [0.717, 1.165) is 25.1 Å². The molecule has 0 bridgehead atoms. The maximum atomic E-state index is 12.9. The second-order valence-corrected chi connectivity index (χ2v) is 5.33. The molecule has 2 rings (SSSR count). The van der Waals surface area contributed by atoms with Crippen LogP contribution in [0.15, 0.2) is 24.3 Å². The number of amides is 1. The molecule has 1 amide bonds. The van der Waals surface area contributed by atoms with Crippen LogP contribution in [0.3, 0.4) is 0 Å². The van der Waals surface area contributed by atoms with Crippen LogP contribution in [0.5, 0.6) is 0 Å². The topological polar surface area (TPSA) is 32.3 Å². The van der Waals surface area contributed by atoms with Crippen molar-refractivity contribution >= 4 is 17.7 Å². The van der Waals surface area contributed by atoms with Gasteiger partial charge in [0.05, 0.1) is 5.75 Å². The van der Waals surface area contributed by atoms with E-state index in [4.69, 9.17) is 0 Å². The van der Waals surface area contributed by atoms with Gasteiger partial charge >= 0.3 is 0 Å². The van der Waals surface area contributed by atoms with Crippen molar-refractivity contribution in [1.29, 1.82) is 0 Å². The van der Waals surface area contributed by atoms with Gasteiger partial charge in [0.15, 0.2) is 0 Å². The number of rotatable bonds is 5. The fourth-order valence-corrected chi connectivity index (χ4v) is 3.24. The molecule has 0 saturated carbocycles. The van der Waals surface area contributed by atoms with Crippen molar-refractivity contribution in [3.63, 3.8) is 0 Å². The first-order chi connectivity index (χ1) is 8.72. The molecule has 1 fully saturated rings. The Hall–Kier alpha value is -1.07. The van der Waals surface area contributed by atoms with E-state index in [9.17, 15) is 9.18 Å². The van der Waals surface area contributed by atoms with Crippen molar-refractivity contribution in [2.24, 2.45) is 0 Å². The van der Waals surface area contributed by atoms with Gasteiger partial charge in [-0.05, 0) is 37.7 Å². The summed E-state index contributed by atoms with van der Waals surface area (Å²) in [5.41, 5.74) is 0.997. The molecule has 1 unspecified atom stereocenters. The lowest BCUT2D eigenvalue weighted by Crippen LogP contribution is -2.30. The van der Waals surface area contributed by atoms with Gasteiger partial charge in [-0.25, -0.2) is 4.39 Å². The largest absolute Gasteiger partial charge is 0.326 e. The van der Waals surface area contributed by atoms with Crippen molar-refractivity contribution in [2.45, 2.75) is 11.8 Å². The molecule has 1 aromatic carbocycles. The first-order valence-corrected chi connectivity index (χ1v) is 7.08. The standard InChI is InChI=1S/C13H17FN2OS/c1-15-7-2-8-16-12(17)9-18-13(16)10-3-5-11(14)6-4-10/h3-6,13,15H,2,7-9H2,1H3. The van der Waals surface area contributed by atoms with Crippen LogP contribution >= 0.6 is 11.8 Å². The average molecular weight is 268 g/mol. The summed E-state index contributed by atoms with van der Waals surface area (Å²) < 4.78 is 12.9. The summed E-state index contributed by atoms with van der Waals surface area (Å²) in [6, 6.07) is 6.42. The van der Waals surface area contributed by atoms with E-state index >= 15 is 0 Å². The van der Waals surface area contributed by atoms with Gasteiger partial charge in [-0.3, -0.25) is 4.79 Å². The molecule has 5 heteroatoms. The van der Waals surface area contributed by atoms with Crippen molar-refractivity contribution < 1.29 is 9.18 Å². The number of thioether (sulfide) groups is 1. The summed E-state index contributed by atoms with van der Waals surface area (Å²) in [6.07, 6.45) is 0.931. The molecular weight excluding hydrogens is 251 g/mol. The number of hydrogen-bond donors (Lipinski definition) is 1. The Balaban J connectivity index is 2.06. The first-order valence-electron chi connectivity index (χ1n) is 6.03. The average Bonchev–Trinajstić information content (AvgIpc) is 2.73. The number of nitrogens with zero attached hydrogens (tertiary/aromatic N) is 1. The van der Waals surface area contributed by atoms with Crippen molar-refractivity contribution in [3.8, 4) is 0 Å². The molecule has 18 heavy (non-hydrogen) atoms. The number of benzene rings is 1. The van der Waals surface area contributed by atoms with Crippen LogP contribution in [0.4, 0.5) is 4.39 Å². The number of halogens is 1. The Labute approximate surface area is 111 Å². The molecule has 1 aliphatic rings. The third kappa shape index (κ3) is 3.03. The van der Waals surface area contributed by atoms with Gasteiger partial charge in [-0.2, -0.15) is 0 Å². The summed E-state index contributed by atoms with van der Waals surface area (Å²) >= 11 is 1.61. The number of carbonyl (C=O) groups is 1. The zero-order valence-electron chi connectivity index (χ0n) is 10.4. The van der Waals surface area contributed by atoms with Crippen LogP contribution in [-0.4, -0.2) is 36.7 Å². The fraction of sp³-hybridized carbons (Fsp3) is 0.462. The molecule has 1 N–H and O–H groups in total. The molecule has 1 aromatic rings. The van der Waals surface area contributed by atoms with Gasteiger partial charge in [-0.1, -0.05) is 12.1 Å². The third-order valence-electron chi connectivity index (χ3n) is 2.95. The molecule has 0 spiro atoms. The monoisotopic (exact) mass is 268 g/mol. The summed E-state index contributed by atoms with van der Waals surface area (Å²) in [4.78, 5) is 13.7. The molecule has 1 heterocycles. The van der Waals surface area contributed by atoms with E-state index in [1.54, 1.807) is 23.9 Å². The molecule has 1 saturated heterocycles. The second kappa shape index (κ2) is 6.20. The summed E-state index contributed by atoms with van der Waals surface area (Å²) in [6.45, 7) is 1.64. The molecule has 0 aliphatic carbocycles. The molecule has 0 radical (unpaired) electrons. The van der Waals surface area contributed by atoms with E-state index in [0.29, 0.717) is 5.75 Å². The molecular formula is C13H17FN2OS. The normalized spacial score (nSPS) is 19.6. The van der Waals surface area contributed by atoms with Gasteiger partial charge in [0.25, 0.3) is 0 Å². The molecule has 1 aliphatic heterocycles. The Morgan fingerprint density at radius 3 is 2.83 bits per heavy atom. The minimum Gasteiger partial charge on any atom is -0.326 e. The van der Waals surface area contributed by atoms with E-state index in [-0.39, 0.29) is 17.1 Å². The van der Waals surface area contributed by atoms with Gasteiger partial charge < -0.3 is 10.2 Å². The van der Waals surface area contributed by atoms with Crippen LogP contribution in [0.25, 0.3) is 0 Å². The van der Waals surface area contributed by atoms with Crippen molar-refractivity contribution in [2.75, 3.05) is 25.9 Å². The van der Waals surface area contributed by atoms with E-state index < -0.39 is 0 Å². The first kappa shape index (κ1) is 13.4. The van der Waals surface area contributed by atoms with Crippen LogP contribution in [-0.2, 0) is 4.79 Å². The maximum Gasteiger partial charge on any atom is 0.233 e. The highest BCUT2D eigenvalue weighted by molar-refractivity contribution is 8.00. The minimum absolute atomic E-state index is 0.0370. The quantitative estimate of drug-likeness (QED) is 0.829. The Bertz CT molecular complexity index is 410. The van der Waals surface area contributed by atoms with Crippen LogP contribution in [0.2, 0.25) is 0 Å². The zero-order valence-corrected chi connectivity index (χ0v) is 11.2. The van der Waals surface area contributed by atoms with Gasteiger partial charge in [-0.15, -0.1) is 11.8 Å². The smallest absolute Gasteiger partial charge is 0.233 e. The maximum absolute atomic E-state index is 12.9. The lowest BCUT2D eigenvalue weighted by molar-refractivity contribution is -0.128. The van der Waals surface area contributed by atoms with Crippen molar-refractivity contribution in [3.05, 3.63) is 35.6 Å². The zero-order chi connectivity index (χ0) is 13.0. The van der Waals surface area contributed by atoms with E-state index in [2.05, 4.69) is 5.32 Å². The summed E-state index contributed by atoms with van der Waals surface area (Å²) in [7, 11) is 1.90. The number of carbonyl (C=O) groups excluding carboxylic acids is 1. The van der Waals surface area contributed by atoms with Crippen LogP contribution in [0, 0.1) is 5.82 Å². The molecule has 3 nitrogen and oxygen atoms in total. The van der Waals surface area contributed by atoms with E-state index in [1.807, 2.05) is 11.9 Å².